The van der Waals surface area contributed by atoms with Crippen LogP contribution in [0.5, 0.6) is 0 Å². The fourth-order valence-corrected chi connectivity index (χ4v) is 3.39. The molecule has 6 heteroatoms. The Kier molecular flexibility index (Phi) is 5.50. The van der Waals surface area contributed by atoms with Crippen LogP contribution in [-0.4, -0.2) is 36.7 Å². The second-order valence-electron chi connectivity index (χ2n) is 4.95. The Morgan fingerprint density at radius 1 is 1.29 bits per heavy atom. The lowest BCUT2D eigenvalue weighted by Gasteiger charge is -2.23. The summed E-state index contributed by atoms with van der Waals surface area (Å²) in [5.74, 6) is 1.77. The van der Waals surface area contributed by atoms with Crippen LogP contribution in [0.15, 0.2) is 18.2 Å². The number of amides is 2. The van der Waals surface area contributed by atoms with E-state index in [0.29, 0.717) is 16.8 Å². The molecule has 1 aliphatic rings. The average Bonchev–Trinajstić information content (AvgIpc) is 2.49. The van der Waals surface area contributed by atoms with E-state index in [-0.39, 0.29) is 12.1 Å². The van der Waals surface area contributed by atoms with E-state index < -0.39 is 5.97 Å². The third-order valence-electron chi connectivity index (χ3n) is 3.54. The highest BCUT2D eigenvalue weighted by Crippen LogP contribution is 2.20. The number of ether oxygens (including phenoxy) is 1. The number of hydrogen-bond acceptors (Lipinski definition) is 4. The van der Waals surface area contributed by atoms with Crippen LogP contribution in [0.3, 0.4) is 0 Å². The Morgan fingerprint density at radius 2 is 2.00 bits per heavy atom. The second-order valence-corrected chi connectivity index (χ2v) is 6.18. The third kappa shape index (κ3) is 4.14. The molecule has 2 N–H and O–H groups in total. The van der Waals surface area contributed by atoms with E-state index in [4.69, 9.17) is 4.74 Å². The van der Waals surface area contributed by atoms with Crippen molar-refractivity contribution in [3.8, 4) is 0 Å². The van der Waals surface area contributed by atoms with E-state index in [0.717, 1.165) is 24.3 Å². The highest BCUT2D eigenvalue weighted by molar-refractivity contribution is 7.99. The number of urea groups is 1. The highest BCUT2D eigenvalue weighted by Gasteiger charge is 2.17. The monoisotopic (exact) mass is 308 g/mol. The summed E-state index contributed by atoms with van der Waals surface area (Å²) in [6.45, 7) is 1.79. The normalized spacial score (nSPS) is 15.3. The maximum atomic E-state index is 12.0. The van der Waals surface area contributed by atoms with Crippen molar-refractivity contribution in [2.45, 2.75) is 25.8 Å². The molecule has 1 fully saturated rings. The predicted molar refractivity (Wildman–Crippen MR) is 85.0 cm³/mol. The lowest BCUT2D eigenvalue weighted by molar-refractivity contribution is 0.0600. The van der Waals surface area contributed by atoms with Crippen LogP contribution in [0.2, 0.25) is 0 Å². The van der Waals surface area contributed by atoms with Gasteiger partial charge in [-0.15, -0.1) is 0 Å². The SMILES string of the molecule is COC(=O)c1cccc(NC(=O)NC2CCSCC2)c1C. The Morgan fingerprint density at radius 3 is 2.67 bits per heavy atom. The Hall–Kier alpha value is -1.69. The molecule has 0 spiro atoms. The number of benzene rings is 1. The van der Waals surface area contributed by atoms with Crippen LogP contribution in [-0.2, 0) is 4.74 Å². The zero-order valence-electron chi connectivity index (χ0n) is 12.3. The molecule has 0 saturated carbocycles. The molecule has 1 heterocycles. The molecule has 5 nitrogen and oxygen atoms in total. The van der Waals surface area contributed by atoms with E-state index in [1.165, 1.54) is 7.11 Å². The third-order valence-corrected chi connectivity index (χ3v) is 4.59. The average molecular weight is 308 g/mol. The van der Waals surface area contributed by atoms with Crippen molar-refractivity contribution in [1.82, 2.24) is 5.32 Å². The number of carbonyl (C=O) groups excluding carboxylic acids is 2. The zero-order chi connectivity index (χ0) is 15.2. The molecule has 1 aromatic rings. The lowest BCUT2D eigenvalue weighted by atomic mass is 10.1. The molecule has 114 valence electrons. The summed E-state index contributed by atoms with van der Waals surface area (Å²) < 4.78 is 4.73. The second kappa shape index (κ2) is 7.36. The zero-order valence-corrected chi connectivity index (χ0v) is 13.1. The summed E-state index contributed by atoms with van der Waals surface area (Å²) >= 11 is 1.92. The first-order chi connectivity index (χ1) is 10.1. The molecule has 0 radical (unpaired) electrons. The van der Waals surface area contributed by atoms with Crippen LogP contribution in [0.1, 0.15) is 28.8 Å². The minimum atomic E-state index is -0.402. The molecule has 0 unspecified atom stereocenters. The fourth-order valence-electron chi connectivity index (χ4n) is 2.29. The van der Waals surface area contributed by atoms with Gasteiger partial charge in [0.25, 0.3) is 0 Å². The van der Waals surface area contributed by atoms with Crippen molar-refractivity contribution in [2.24, 2.45) is 0 Å². The van der Waals surface area contributed by atoms with Gasteiger partial charge in [0, 0.05) is 11.7 Å². The Balaban J connectivity index is 2.01. The van der Waals surface area contributed by atoms with Crippen molar-refractivity contribution in [3.63, 3.8) is 0 Å². The molecule has 0 aliphatic carbocycles. The molecule has 2 amide bonds. The molecule has 1 aromatic carbocycles. The molecule has 21 heavy (non-hydrogen) atoms. The number of nitrogens with one attached hydrogen (secondary N) is 2. The minimum absolute atomic E-state index is 0.225. The number of hydrogen-bond donors (Lipinski definition) is 2. The largest absolute Gasteiger partial charge is 0.465 e. The van der Waals surface area contributed by atoms with Crippen LogP contribution >= 0.6 is 11.8 Å². The van der Waals surface area contributed by atoms with Crippen LogP contribution in [0.4, 0.5) is 10.5 Å². The first kappa shape index (κ1) is 15.7. The molecule has 1 saturated heterocycles. The molecule has 0 atom stereocenters. The number of carbonyl (C=O) groups is 2. The first-order valence-corrected chi connectivity index (χ1v) is 8.10. The Bertz CT molecular complexity index is 528. The summed E-state index contributed by atoms with van der Waals surface area (Å²) in [4.78, 5) is 23.7. The lowest BCUT2D eigenvalue weighted by Crippen LogP contribution is -2.40. The fraction of sp³-hybridized carbons (Fsp3) is 0.467. The van der Waals surface area contributed by atoms with E-state index >= 15 is 0 Å². The summed E-state index contributed by atoms with van der Waals surface area (Å²) in [6.07, 6.45) is 2.00. The van der Waals surface area contributed by atoms with Crippen molar-refractivity contribution >= 4 is 29.4 Å². The van der Waals surface area contributed by atoms with Crippen molar-refractivity contribution in [1.29, 1.82) is 0 Å². The van der Waals surface area contributed by atoms with E-state index in [2.05, 4.69) is 10.6 Å². The number of esters is 1. The molecule has 0 bridgehead atoms. The van der Waals surface area contributed by atoms with Gasteiger partial charge in [0.1, 0.15) is 0 Å². The van der Waals surface area contributed by atoms with Gasteiger partial charge in [-0.05, 0) is 49.0 Å². The van der Waals surface area contributed by atoms with Gasteiger partial charge in [0.2, 0.25) is 0 Å². The van der Waals surface area contributed by atoms with Crippen molar-refractivity contribution < 1.29 is 14.3 Å². The first-order valence-electron chi connectivity index (χ1n) is 6.95. The van der Waals surface area contributed by atoms with Crippen molar-refractivity contribution in [3.05, 3.63) is 29.3 Å². The summed E-state index contributed by atoms with van der Waals surface area (Å²) in [6, 6.07) is 5.19. The molecule has 1 aliphatic heterocycles. The van der Waals surface area contributed by atoms with E-state index in [1.54, 1.807) is 25.1 Å². The van der Waals surface area contributed by atoms with Gasteiger partial charge in [-0.25, -0.2) is 9.59 Å². The van der Waals surface area contributed by atoms with Gasteiger partial charge in [0.15, 0.2) is 0 Å². The standard InChI is InChI=1S/C15H20N2O3S/c1-10-12(14(18)20-2)4-3-5-13(10)17-15(19)16-11-6-8-21-9-7-11/h3-5,11H,6-9H2,1-2H3,(H2,16,17,19). The van der Waals surface area contributed by atoms with Crippen LogP contribution in [0, 0.1) is 6.92 Å². The minimum Gasteiger partial charge on any atom is -0.465 e. The maximum absolute atomic E-state index is 12.0. The molecule has 0 aromatic heterocycles. The molecule has 2 rings (SSSR count). The topological polar surface area (TPSA) is 67.4 Å². The van der Waals surface area contributed by atoms with Gasteiger partial charge in [-0.3, -0.25) is 0 Å². The van der Waals surface area contributed by atoms with Crippen LogP contribution < -0.4 is 10.6 Å². The predicted octanol–water partition coefficient (Wildman–Crippen LogP) is 2.80. The summed E-state index contributed by atoms with van der Waals surface area (Å²) in [7, 11) is 1.34. The number of rotatable bonds is 3. The van der Waals surface area contributed by atoms with Gasteiger partial charge in [-0.2, -0.15) is 11.8 Å². The van der Waals surface area contributed by atoms with Gasteiger partial charge in [-0.1, -0.05) is 6.07 Å². The summed E-state index contributed by atoms with van der Waals surface area (Å²) in [5.41, 5.74) is 1.80. The number of anilines is 1. The quantitative estimate of drug-likeness (QED) is 0.843. The van der Waals surface area contributed by atoms with Gasteiger partial charge < -0.3 is 15.4 Å². The smallest absolute Gasteiger partial charge is 0.338 e. The maximum Gasteiger partial charge on any atom is 0.338 e. The van der Waals surface area contributed by atoms with E-state index in [1.807, 2.05) is 11.8 Å². The van der Waals surface area contributed by atoms with Crippen LogP contribution in [0.25, 0.3) is 0 Å². The van der Waals surface area contributed by atoms with Gasteiger partial charge >= 0.3 is 12.0 Å². The number of methoxy groups -OCH3 is 1. The van der Waals surface area contributed by atoms with E-state index in [9.17, 15) is 9.59 Å². The number of thioether (sulfide) groups is 1. The highest BCUT2D eigenvalue weighted by atomic mass is 32.2. The molecular formula is C15H20N2O3S. The van der Waals surface area contributed by atoms with Gasteiger partial charge in [0.05, 0.1) is 12.7 Å². The molecular weight excluding hydrogens is 288 g/mol. The summed E-state index contributed by atoms with van der Waals surface area (Å²) in [5, 5.41) is 5.79. The Labute approximate surface area is 128 Å². The van der Waals surface area contributed by atoms with Crippen molar-refractivity contribution in [2.75, 3.05) is 23.9 Å².